The molecule has 0 unspecified atom stereocenters. The maximum absolute atomic E-state index is 12.3. The monoisotopic (exact) mass is 381 g/mol. The molecule has 0 aromatic heterocycles. The van der Waals surface area contributed by atoms with Gasteiger partial charge in [-0.2, -0.15) is 0 Å². The van der Waals surface area contributed by atoms with Crippen LogP contribution in [0.25, 0.3) is 6.08 Å². The quantitative estimate of drug-likeness (QED) is 0.668. The number of sulfonamides is 2. The molecule has 2 aromatic rings. The van der Waals surface area contributed by atoms with Gasteiger partial charge in [0.2, 0.25) is 10.0 Å². The predicted molar refractivity (Wildman–Crippen MR) is 89.1 cm³/mol. The Morgan fingerprint density at radius 1 is 1.00 bits per heavy atom. The van der Waals surface area contributed by atoms with E-state index < -0.39 is 26.0 Å². The fourth-order valence-corrected chi connectivity index (χ4v) is 3.48. The van der Waals surface area contributed by atoms with E-state index in [0.717, 1.165) is 12.1 Å². The fraction of sp³-hybridized carbons (Fsp3) is 0. The zero-order valence-corrected chi connectivity index (χ0v) is 14.2. The highest BCUT2D eigenvalue weighted by atomic mass is 32.2. The summed E-state index contributed by atoms with van der Waals surface area (Å²) in [6.07, 6.45) is 2.08. The number of carbonyl (C=O) groups is 1. The van der Waals surface area contributed by atoms with Crippen LogP contribution in [0.5, 0.6) is 0 Å². The predicted octanol–water partition coefficient (Wildman–Crippen LogP) is -0.102. The lowest BCUT2D eigenvalue weighted by atomic mass is 10.2. The van der Waals surface area contributed by atoms with Gasteiger partial charge < -0.3 is 9.90 Å². The Balaban J connectivity index is 2.26. The summed E-state index contributed by atoms with van der Waals surface area (Å²) >= 11 is 0. The van der Waals surface area contributed by atoms with Gasteiger partial charge in [0, 0.05) is 0 Å². The standard InChI is InChI=1S/C15H14N2O6S2/c16-24(20,21)14-3-1-2-12(10-14)17-25(22,23)13-7-4-11(5-8-13)6-9-15(18)19/h1-10,17H,(H,18,19)(H2,16,20,21)/p-1/b9-6+. The highest BCUT2D eigenvalue weighted by Crippen LogP contribution is 2.19. The molecule has 0 heterocycles. The van der Waals surface area contributed by atoms with E-state index in [1.54, 1.807) is 0 Å². The number of aliphatic carboxylic acids is 1. The largest absolute Gasteiger partial charge is 0.545 e. The fourth-order valence-electron chi connectivity index (χ4n) is 1.87. The maximum atomic E-state index is 12.3. The molecule has 25 heavy (non-hydrogen) atoms. The molecule has 0 radical (unpaired) electrons. The van der Waals surface area contributed by atoms with E-state index in [2.05, 4.69) is 4.72 Å². The third-order valence-corrected chi connectivity index (χ3v) is 5.33. The van der Waals surface area contributed by atoms with E-state index >= 15 is 0 Å². The van der Waals surface area contributed by atoms with Gasteiger partial charge in [0.05, 0.1) is 21.4 Å². The Kier molecular flexibility index (Phi) is 5.26. The summed E-state index contributed by atoms with van der Waals surface area (Å²) < 4.78 is 49.5. The molecule has 8 nitrogen and oxygen atoms in total. The van der Waals surface area contributed by atoms with E-state index in [1.165, 1.54) is 48.5 Å². The topological polar surface area (TPSA) is 146 Å². The Morgan fingerprint density at radius 2 is 1.64 bits per heavy atom. The number of benzene rings is 2. The Labute approximate surface area is 144 Å². The molecule has 2 aromatic carbocycles. The molecule has 3 N–H and O–H groups in total. The van der Waals surface area contributed by atoms with Crippen LogP contribution in [0.15, 0.2) is 64.4 Å². The summed E-state index contributed by atoms with van der Waals surface area (Å²) in [6, 6.07) is 10.5. The summed E-state index contributed by atoms with van der Waals surface area (Å²) in [4.78, 5) is 10.0. The van der Waals surface area contributed by atoms with Crippen LogP contribution in [0.1, 0.15) is 5.56 Å². The zero-order chi connectivity index (χ0) is 18.7. The number of rotatable bonds is 6. The first kappa shape index (κ1) is 18.6. The second kappa shape index (κ2) is 7.05. The number of nitrogens with one attached hydrogen (secondary N) is 1. The summed E-state index contributed by atoms with van der Waals surface area (Å²) in [5, 5.41) is 15.4. The number of anilines is 1. The van der Waals surface area contributed by atoms with Crippen molar-refractivity contribution in [3.05, 3.63) is 60.2 Å². The van der Waals surface area contributed by atoms with Gasteiger partial charge in [0.1, 0.15) is 0 Å². The summed E-state index contributed by atoms with van der Waals surface area (Å²) in [5.74, 6) is -1.37. The van der Waals surface area contributed by atoms with Gasteiger partial charge in [-0.25, -0.2) is 22.0 Å². The van der Waals surface area contributed by atoms with Crippen molar-refractivity contribution in [1.82, 2.24) is 0 Å². The molecule has 0 atom stereocenters. The Morgan fingerprint density at radius 3 is 2.20 bits per heavy atom. The van der Waals surface area contributed by atoms with E-state index in [9.17, 15) is 26.7 Å². The molecule has 10 heteroatoms. The van der Waals surface area contributed by atoms with E-state index in [1.807, 2.05) is 0 Å². The number of nitrogens with two attached hydrogens (primary N) is 1. The van der Waals surface area contributed by atoms with Crippen molar-refractivity contribution in [2.75, 3.05) is 4.72 Å². The van der Waals surface area contributed by atoms with Crippen LogP contribution < -0.4 is 15.0 Å². The van der Waals surface area contributed by atoms with E-state index in [0.29, 0.717) is 5.56 Å². The van der Waals surface area contributed by atoms with Gasteiger partial charge >= 0.3 is 0 Å². The molecule has 0 spiro atoms. The van der Waals surface area contributed by atoms with Gasteiger partial charge in [0.15, 0.2) is 0 Å². The number of carboxylic acids is 1. The van der Waals surface area contributed by atoms with Crippen LogP contribution in [-0.4, -0.2) is 22.8 Å². The van der Waals surface area contributed by atoms with Crippen molar-refractivity contribution < 1.29 is 26.7 Å². The Bertz CT molecular complexity index is 1030. The number of carbonyl (C=O) groups excluding carboxylic acids is 1. The molecule has 0 aliphatic heterocycles. The van der Waals surface area contributed by atoms with Crippen molar-refractivity contribution in [2.24, 2.45) is 5.14 Å². The van der Waals surface area contributed by atoms with Crippen molar-refractivity contribution in [3.8, 4) is 0 Å². The van der Waals surface area contributed by atoms with Crippen LogP contribution in [0, 0.1) is 0 Å². The van der Waals surface area contributed by atoms with Gasteiger partial charge in [-0.05, 0) is 42.0 Å². The van der Waals surface area contributed by atoms with Gasteiger partial charge in [-0.1, -0.05) is 24.3 Å². The lowest BCUT2D eigenvalue weighted by molar-refractivity contribution is -0.297. The molecule has 0 fully saturated rings. The third-order valence-electron chi connectivity index (χ3n) is 3.02. The summed E-state index contributed by atoms with van der Waals surface area (Å²) in [6.45, 7) is 0. The number of primary sulfonamides is 1. The third kappa shape index (κ3) is 5.14. The molecule has 0 bridgehead atoms. The smallest absolute Gasteiger partial charge is 0.261 e. The van der Waals surface area contributed by atoms with Gasteiger partial charge in [0.25, 0.3) is 10.0 Å². The van der Waals surface area contributed by atoms with Crippen LogP contribution in [-0.2, 0) is 24.8 Å². The average molecular weight is 381 g/mol. The minimum absolute atomic E-state index is 0.0347. The Hall–Kier alpha value is -2.69. The molecule has 0 amide bonds. The van der Waals surface area contributed by atoms with E-state index in [4.69, 9.17) is 5.14 Å². The molecule has 0 saturated carbocycles. The maximum Gasteiger partial charge on any atom is 0.261 e. The van der Waals surface area contributed by atoms with Crippen LogP contribution in [0.4, 0.5) is 5.69 Å². The number of carboxylic acid groups (broad SMARTS) is 1. The van der Waals surface area contributed by atoms with Gasteiger partial charge in [-0.15, -0.1) is 0 Å². The normalized spacial score (nSPS) is 12.2. The lowest BCUT2D eigenvalue weighted by Crippen LogP contribution is -2.18. The first-order valence-electron chi connectivity index (χ1n) is 6.73. The summed E-state index contributed by atoms with van der Waals surface area (Å²) in [7, 11) is -7.92. The summed E-state index contributed by atoms with van der Waals surface area (Å²) in [5.41, 5.74) is 0.506. The van der Waals surface area contributed by atoms with Crippen LogP contribution in [0.3, 0.4) is 0 Å². The second-order valence-corrected chi connectivity index (χ2v) is 8.14. The molecular weight excluding hydrogens is 368 g/mol. The van der Waals surface area contributed by atoms with Gasteiger partial charge in [-0.3, -0.25) is 4.72 Å². The van der Waals surface area contributed by atoms with Crippen molar-refractivity contribution in [2.45, 2.75) is 9.79 Å². The first-order chi connectivity index (χ1) is 11.6. The van der Waals surface area contributed by atoms with Crippen LogP contribution >= 0.6 is 0 Å². The highest BCUT2D eigenvalue weighted by molar-refractivity contribution is 7.92. The molecule has 2 rings (SSSR count). The molecule has 0 aliphatic rings. The lowest BCUT2D eigenvalue weighted by Gasteiger charge is -2.09. The van der Waals surface area contributed by atoms with Crippen molar-refractivity contribution in [1.29, 1.82) is 0 Å². The van der Waals surface area contributed by atoms with Crippen molar-refractivity contribution in [3.63, 3.8) is 0 Å². The molecular formula is C15H13N2O6S2-. The molecule has 0 aliphatic carbocycles. The molecule has 132 valence electrons. The minimum atomic E-state index is -3.96. The number of hydrogen-bond donors (Lipinski definition) is 2. The number of hydrogen-bond acceptors (Lipinski definition) is 6. The zero-order valence-electron chi connectivity index (χ0n) is 12.6. The second-order valence-electron chi connectivity index (χ2n) is 4.90. The first-order valence-corrected chi connectivity index (χ1v) is 9.76. The minimum Gasteiger partial charge on any atom is -0.545 e. The molecule has 0 saturated heterocycles. The van der Waals surface area contributed by atoms with Crippen molar-refractivity contribution >= 4 is 37.8 Å². The highest BCUT2D eigenvalue weighted by Gasteiger charge is 2.15. The SMILES string of the molecule is NS(=O)(=O)c1cccc(NS(=O)(=O)c2ccc(/C=C/C(=O)[O-])cc2)c1. The van der Waals surface area contributed by atoms with E-state index in [-0.39, 0.29) is 15.5 Å². The van der Waals surface area contributed by atoms with Crippen LogP contribution in [0.2, 0.25) is 0 Å². The average Bonchev–Trinajstić information content (AvgIpc) is 2.52.